The van der Waals surface area contributed by atoms with Crippen molar-refractivity contribution in [3.8, 4) is 23.0 Å². The van der Waals surface area contributed by atoms with Gasteiger partial charge in [-0.3, -0.25) is 0 Å². The molecule has 3 N–H and O–H groups in total. The van der Waals surface area contributed by atoms with Gasteiger partial charge in [0, 0.05) is 45.4 Å². The van der Waals surface area contributed by atoms with Gasteiger partial charge in [0.05, 0.1) is 22.7 Å². The number of hydrogen-bond donors (Lipinski definition) is 3. The maximum Gasteiger partial charge on any atom is 0.416 e. The Morgan fingerprint density at radius 1 is 0.946 bits per heavy atom. The normalized spacial score (nSPS) is 18.6. The summed E-state index contributed by atoms with van der Waals surface area (Å²) in [5.41, 5.74) is 6.94. The largest absolute Gasteiger partial charge is 0.416 e. The number of rotatable bonds is 1. The molecule has 3 nitrogen and oxygen atoms in total. The van der Waals surface area contributed by atoms with E-state index < -0.39 is 23.4 Å². The van der Waals surface area contributed by atoms with Gasteiger partial charge < -0.3 is 15.4 Å². The highest BCUT2D eigenvalue weighted by atomic mass is 19.4. The van der Waals surface area contributed by atoms with E-state index in [1.807, 2.05) is 46.0 Å². The fourth-order valence-electron chi connectivity index (χ4n) is 5.39. The number of fused-ring (bicyclic) bond motifs is 2. The molecule has 0 saturated heterocycles. The van der Waals surface area contributed by atoms with Gasteiger partial charge in [-0.05, 0) is 74.7 Å². The minimum absolute atomic E-state index is 0.216. The van der Waals surface area contributed by atoms with Crippen LogP contribution in [0.1, 0.15) is 60.1 Å². The highest BCUT2D eigenvalue weighted by Gasteiger charge is 2.41. The summed E-state index contributed by atoms with van der Waals surface area (Å²) >= 11 is 0. The highest BCUT2D eigenvalue weighted by Crippen LogP contribution is 2.46. The molecule has 0 bridgehead atoms. The van der Waals surface area contributed by atoms with Gasteiger partial charge in [0.25, 0.3) is 0 Å². The Kier molecular flexibility index (Phi) is 5.88. The third-order valence-electron chi connectivity index (χ3n) is 7.44. The van der Waals surface area contributed by atoms with Crippen LogP contribution >= 0.6 is 0 Å². The summed E-state index contributed by atoms with van der Waals surface area (Å²) in [6.07, 6.45) is -3.08. The first-order valence-corrected chi connectivity index (χ1v) is 12.3. The van der Waals surface area contributed by atoms with Crippen LogP contribution in [-0.2, 0) is 6.18 Å². The van der Waals surface area contributed by atoms with Crippen molar-refractivity contribution in [3.63, 3.8) is 0 Å². The number of aliphatic hydroxyl groups is 1. The Balaban J connectivity index is 1.76. The lowest BCUT2D eigenvalue weighted by Crippen LogP contribution is -2.50. The molecule has 6 heteroatoms. The van der Waals surface area contributed by atoms with Crippen molar-refractivity contribution >= 4 is 16.6 Å². The number of hydrogen-bond acceptors (Lipinski definition) is 2. The number of aromatic nitrogens is 1. The minimum atomic E-state index is -4.40. The fraction of sp³-hybridized carbons (Fsp3) is 0.290. The predicted molar refractivity (Wildman–Crippen MR) is 143 cm³/mol. The van der Waals surface area contributed by atoms with Crippen LogP contribution in [0.15, 0.2) is 54.7 Å². The number of alkyl halides is 3. The van der Waals surface area contributed by atoms with E-state index in [2.05, 4.69) is 41.2 Å². The molecule has 2 heterocycles. The van der Waals surface area contributed by atoms with Crippen molar-refractivity contribution in [2.75, 3.05) is 5.32 Å². The summed E-state index contributed by atoms with van der Waals surface area (Å²) in [6, 6.07) is 13.1. The molecule has 37 heavy (non-hydrogen) atoms. The quantitative estimate of drug-likeness (QED) is 0.236. The Hall–Kier alpha value is -3.69. The number of halogens is 3. The van der Waals surface area contributed by atoms with E-state index in [-0.39, 0.29) is 5.92 Å². The Labute approximate surface area is 214 Å². The smallest absolute Gasteiger partial charge is 0.390 e. The summed E-state index contributed by atoms with van der Waals surface area (Å²) in [5.74, 6) is 6.17. The molecule has 0 fully saturated rings. The van der Waals surface area contributed by atoms with Crippen molar-refractivity contribution in [3.05, 3.63) is 88.1 Å². The topological polar surface area (TPSA) is 48.0 Å². The number of aliphatic hydroxyl groups excluding tert-OH is 1. The van der Waals surface area contributed by atoms with E-state index >= 15 is 0 Å². The highest BCUT2D eigenvalue weighted by molar-refractivity contribution is 5.98. The maximum absolute atomic E-state index is 13.0. The molecular formula is C31H29F3N2O. The van der Waals surface area contributed by atoms with Crippen LogP contribution in [0.3, 0.4) is 0 Å². The lowest BCUT2D eigenvalue weighted by atomic mass is 9.75. The van der Waals surface area contributed by atoms with Gasteiger partial charge in [0.2, 0.25) is 0 Å². The summed E-state index contributed by atoms with van der Waals surface area (Å²) in [6.45, 7) is 10.0. The third-order valence-corrected chi connectivity index (χ3v) is 7.44. The SMILES string of the molecule is Cc1cc(-c2cccc3c(C)c[nH]c23)c(C#Cc2ccc(C(F)(F)F)cc2)c2c1NC(C)(C)[C@H](O)[C@H]2C. The molecule has 0 aliphatic carbocycles. The van der Waals surface area contributed by atoms with Gasteiger partial charge in [-0.25, -0.2) is 0 Å². The molecule has 190 valence electrons. The van der Waals surface area contributed by atoms with Gasteiger partial charge >= 0.3 is 6.18 Å². The third kappa shape index (κ3) is 4.28. The molecule has 3 aromatic carbocycles. The van der Waals surface area contributed by atoms with Crippen molar-refractivity contribution in [2.45, 2.75) is 58.4 Å². The zero-order valence-electron chi connectivity index (χ0n) is 21.4. The van der Waals surface area contributed by atoms with Crippen LogP contribution in [0, 0.1) is 25.7 Å². The van der Waals surface area contributed by atoms with Gasteiger partial charge in [0.1, 0.15) is 0 Å². The molecule has 0 radical (unpaired) electrons. The number of aryl methyl sites for hydroxylation is 2. The van der Waals surface area contributed by atoms with Crippen LogP contribution in [-0.4, -0.2) is 21.7 Å². The van der Waals surface area contributed by atoms with E-state index in [1.165, 1.54) is 12.1 Å². The molecule has 1 aliphatic rings. The average Bonchev–Trinajstić information content (AvgIpc) is 3.23. The lowest BCUT2D eigenvalue weighted by Gasteiger charge is -2.43. The monoisotopic (exact) mass is 502 g/mol. The molecule has 5 rings (SSSR count). The van der Waals surface area contributed by atoms with Gasteiger partial charge in [-0.2, -0.15) is 13.2 Å². The average molecular weight is 503 g/mol. The molecule has 0 amide bonds. The predicted octanol–water partition coefficient (Wildman–Crippen LogP) is 7.54. The summed E-state index contributed by atoms with van der Waals surface area (Å²) < 4.78 is 39.1. The Morgan fingerprint density at radius 2 is 1.65 bits per heavy atom. The van der Waals surface area contributed by atoms with E-state index in [9.17, 15) is 18.3 Å². The molecule has 0 unspecified atom stereocenters. The number of nitrogens with one attached hydrogen (secondary N) is 2. The molecule has 2 atom stereocenters. The number of aromatic amines is 1. The van der Waals surface area contributed by atoms with E-state index in [1.54, 1.807) is 0 Å². The van der Waals surface area contributed by atoms with Crippen LogP contribution in [0.4, 0.5) is 18.9 Å². The molecule has 0 saturated carbocycles. The molecule has 0 spiro atoms. The second kappa shape index (κ2) is 8.71. The Morgan fingerprint density at radius 3 is 2.32 bits per heavy atom. The molecule has 1 aliphatic heterocycles. The van der Waals surface area contributed by atoms with Crippen LogP contribution < -0.4 is 5.32 Å². The lowest BCUT2D eigenvalue weighted by molar-refractivity contribution is -0.137. The second-order valence-corrected chi connectivity index (χ2v) is 10.5. The van der Waals surface area contributed by atoms with Crippen molar-refractivity contribution in [1.82, 2.24) is 4.98 Å². The molecule has 1 aromatic heterocycles. The van der Waals surface area contributed by atoms with E-state index in [4.69, 9.17) is 0 Å². The van der Waals surface area contributed by atoms with Crippen LogP contribution in [0.2, 0.25) is 0 Å². The minimum Gasteiger partial charge on any atom is -0.390 e. The summed E-state index contributed by atoms with van der Waals surface area (Å²) in [4.78, 5) is 3.39. The Bertz CT molecular complexity index is 1570. The zero-order valence-corrected chi connectivity index (χ0v) is 21.4. The fourth-order valence-corrected chi connectivity index (χ4v) is 5.39. The van der Waals surface area contributed by atoms with Crippen molar-refractivity contribution in [2.24, 2.45) is 0 Å². The van der Waals surface area contributed by atoms with Gasteiger partial charge in [-0.15, -0.1) is 0 Å². The first-order valence-electron chi connectivity index (χ1n) is 12.3. The standard InChI is InChI=1S/C31H29F3N2O/c1-17-15-25(24-8-6-7-22-18(2)16-35-28(22)24)23(26-19(3)29(37)30(4,5)36-27(17)26)14-11-20-9-12-21(13-10-20)31(32,33)34/h6-10,12-13,15-16,19,29,35-37H,1-5H3/t19-,29+/m0/s1. The number of anilines is 1. The maximum atomic E-state index is 13.0. The molecule has 4 aromatic rings. The number of H-pyrrole nitrogens is 1. The number of benzene rings is 3. The number of para-hydroxylation sites is 1. The summed E-state index contributed by atoms with van der Waals surface area (Å²) in [7, 11) is 0. The van der Waals surface area contributed by atoms with Gasteiger partial charge in [0.15, 0.2) is 0 Å². The van der Waals surface area contributed by atoms with E-state index in [0.29, 0.717) is 5.56 Å². The van der Waals surface area contributed by atoms with Crippen LogP contribution in [0.25, 0.3) is 22.0 Å². The zero-order chi connectivity index (χ0) is 26.7. The first-order chi connectivity index (χ1) is 17.4. The van der Waals surface area contributed by atoms with Crippen LogP contribution in [0.5, 0.6) is 0 Å². The van der Waals surface area contributed by atoms with E-state index in [0.717, 1.165) is 62.1 Å². The second-order valence-electron chi connectivity index (χ2n) is 10.5. The van der Waals surface area contributed by atoms with Crippen molar-refractivity contribution < 1.29 is 18.3 Å². The summed E-state index contributed by atoms with van der Waals surface area (Å²) in [5, 5.41) is 15.8. The van der Waals surface area contributed by atoms with Gasteiger partial charge in [-0.1, -0.05) is 37.0 Å². The first kappa shape index (κ1) is 25.0. The van der Waals surface area contributed by atoms with Crippen molar-refractivity contribution in [1.29, 1.82) is 0 Å². The molecular weight excluding hydrogens is 473 g/mol.